The molecule has 1 N–H and O–H groups in total. The fraction of sp³-hybridized carbons (Fsp3) is 0.368. The van der Waals surface area contributed by atoms with Gasteiger partial charge in [-0.1, -0.05) is 11.6 Å². The lowest BCUT2D eigenvalue weighted by Gasteiger charge is -2.31. The molecule has 0 bridgehead atoms. The molecule has 4 rings (SSSR count). The highest BCUT2D eigenvalue weighted by Crippen LogP contribution is 2.36. The Balaban J connectivity index is 1.77. The molecule has 0 aromatic carbocycles. The lowest BCUT2D eigenvalue weighted by atomic mass is 9.91. The molecule has 3 aromatic heterocycles. The SMILES string of the molecule is CN(c1ncc(Cl)cn1)[C@H]1CCc2c(c3nc(C(F)(F)F)ccc3n2CC(=O)O)C1. The third kappa shape index (κ3) is 3.67. The van der Waals surface area contributed by atoms with Crippen molar-refractivity contribution in [2.45, 2.75) is 38.0 Å². The quantitative estimate of drug-likeness (QED) is 0.669. The van der Waals surface area contributed by atoms with Crippen LogP contribution in [0.3, 0.4) is 0 Å². The summed E-state index contributed by atoms with van der Waals surface area (Å²) in [4.78, 5) is 25.5. The van der Waals surface area contributed by atoms with Gasteiger partial charge in [-0.2, -0.15) is 13.2 Å². The van der Waals surface area contributed by atoms with Gasteiger partial charge in [0.25, 0.3) is 0 Å². The summed E-state index contributed by atoms with van der Waals surface area (Å²) in [5.41, 5.74) is 0.926. The van der Waals surface area contributed by atoms with Crippen molar-refractivity contribution >= 4 is 34.6 Å². The summed E-state index contributed by atoms with van der Waals surface area (Å²) in [5, 5.41) is 9.69. The second-order valence-electron chi connectivity index (χ2n) is 7.18. The number of rotatable bonds is 4. The molecule has 0 radical (unpaired) electrons. The molecule has 1 atom stereocenters. The third-order valence-corrected chi connectivity index (χ3v) is 5.53. The number of pyridine rings is 1. The average Bonchev–Trinajstić information content (AvgIpc) is 2.99. The van der Waals surface area contributed by atoms with Gasteiger partial charge in [-0.25, -0.2) is 15.0 Å². The Bertz CT molecular complexity index is 1110. The molecule has 0 saturated carbocycles. The number of hydrogen-bond donors (Lipinski definition) is 1. The molecule has 3 aromatic rings. The number of carboxylic acid groups (broad SMARTS) is 1. The molecule has 0 amide bonds. The van der Waals surface area contributed by atoms with E-state index in [2.05, 4.69) is 15.0 Å². The van der Waals surface area contributed by atoms with E-state index in [9.17, 15) is 23.1 Å². The summed E-state index contributed by atoms with van der Waals surface area (Å²) in [6.45, 7) is -0.334. The normalized spacial score (nSPS) is 16.5. The number of hydrogen-bond acceptors (Lipinski definition) is 5. The smallest absolute Gasteiger partial charge is 0.433 e. The minimum atomic E-state index is -4.59. The van der Waals surface area contributed by atoms with Gasteiger partial charge in [0, 0.05) is 24.3 Å². The maximum Gasteiger partial charge on any atom is 0.433 e. The Morgan fingerprint density at radius 3 is 2.67 bits per heavy atom. The number of aromatic nitrogens is 4. The van der Waals surface area contributed by atoms with Crippen LogP contribution in [0.2, 0.25) is 5.02 Å². The van der Waals surface area contributed by atoms with Gasteiger partial charge in [-0.05, 0) is 31.4 Å². The fourth-order valence-corrected chi connectivity index (χ4v) is 4.03. The van der Waals surface area contributed by atoms with Crippen molar-refractivity contribution in [1.29, 1.82) is 0 Å². The van der Waals surface area contributed by atoms with Crippen LogP contribution in [0, 0.1) is 0 Å². The molecule has 0 fully saturated rings. The van der Waals surface area contributed by atoms with Gasteiger partial charge in [0.2, 0.25) is 5.95 Å². The summed E-state index contributed by atoms with van der Waals surface area (Å²) in [6.07, 6.45) is -0.0667. The highest BCUT2D eigenvalue weighted by Gasteiger charge is 2.35. The summed E-state index contributed by atoms with van der Waals surface area (Å²) in [7, 11) is 1.81. The first-order valence-electron chi connectivity index (χ1n) is 9.15. The number of carbonyl (C=O) groups is 1. The maximum atomic E-state index is 13.2. The minimum Gasteiger partial charge on any atom is -0.480 e. The zero-order valence-electron chi connectivity index (χ0n) is 15.8. The van der Waals surface area contributed by atoms with E-state index in [0.717, 1.165) is 6.07 Å². The molecule has 0 aliphatic heterocycles. The lowest BCUT2D eigenvalue weighted by molar-refractivity contribution is -0.141. The van der Waals surface area contributed by atoms with Crippen molar-refractivity contribution in [1.82, 2.24) is 19.5 Å². The molecular weight excluding hydrogens is 423 g/mol. The van der Waals surface area contributed by atoms with Gasteiger partial charge in [0.15, 0.2) is 0 Å². The predicted molar refractivity (Wildman–Crippen MR) is 104 cm³/mol. The van der Waals surface area contributed by atoms with Crippen LogP contribution in [0.5, 0.6) is 0 Å². The van der Waals surface area contributed by atoms with Crippen LogP contribution in [-0.4, -0.2) is 43.7 Å². The van der Waals surface area contributed by atoms with Gasteiger partial charge < -0.3 is 14.6 Å². The molecular formula is C19H17ClF3N5O2. The van der Waals surface area contributed by atoms with E-state index in [1.807, 2.05) is 11.9 Å². The molecule has 0 unspecified atom stereocenters. The number of likely N-dealkylation sites (N-methyl/N-ethyl adjacent to an activating group) is 1. The number of fused-ring (bicyclic) bond motifs is 3. The lowest BCUT2D eigenvalue weighted by Crippen LogP contribution is -2.37. The molecule has 11 heteroatoms. The highest BCUT2D eigenvalue weighted by atomic mass is 35.5. The topological polar surface area (TPSA) is 84.1 Å². The van der Waals surface area contributed by atoms with Crippen molar-refractivity contribution in [2.24, 2.45) is 0 Å². The third-order valence-electron chi connectivity index (χ3n) is 5.33. The van der Waals surface area contributed by atoms with Gasteiger partial charge in [-0.3, -0.25) is 4.79 Å². The van der Waals surface area contributed by atoms with Crippen LogP contribution in [-0.2, 0) is 30.4 Å². The van der Waals surface area contributed by atoms with Crippen LogP contribution >= 0.6 is 11.6 Å². The van der Waals surface area contributed by atoms with E-state index in [1.165, 1.54) is 18.5 Å². The van der Waals surface area contributed by atoms with Crippen molar-refractivity contribution in [3.8, 4) is 0 Å². The second kappa shape index (κ2) is 7.42. The Morgan fingerprint density at radius 2 is 2.03 bits per heavy atom. The van der Waals surface area contributed by atoms with Gasteiger partial charge in [0.05, 0.1) is 28.4 Å². The monoisotopic (exact) mass is 439 g/mol. The van der Waals surface area contributed by atoms with E-state index in [4.69, 9.17) is 11.6 Å². The zero-order valence-corrected chi connectivity index (χ0v) is 16.6. The van der Waals surface area contributed by atoms with Crippen LogP contribution in [0.4, 0.5) is 19.1 Å². The van der Waals surface area contributed by atoms with Crippen LogP contribution < -0.4 is 4.90 Å². The van der Waals surface area contributed by atoms with E-state index >= 15 is 0 Å². The number of nitrogens with zero attached hydrogens (tertiary/aromatic N) is 5. The van der Waals surface area contributed by atoms with E-state index in [-0.39, 0.29) is 18.1 Å². The largest absolute Gasteiger partial charge is 0.480 e. The van der Waals surface area contributed by atoms with Gasteiger partial charge >= 0.3 is 12.1 Å². The van der Waals surface area contributed by atoms with Crippen LogP contribution in [0.1, 0.15) is 23.4 Å². The molecule has 7 nitrogen and oxygen atoms in total. The highest BCUT2D eigenvalue weighted by molar-refractivity contribution is 6.30. The number of anilines is 1. The number of halogens is 4. The first kappa shape index (κ1) is 20.4. The van der Waals surface area contributed by atoms with E-state index in [0.29, 0.717) is 47.0 Å². The van der Waals surface area contributed by atoms with Crippen molar-refractivity contribution in [3.05, 3.63) is 46.5 Å². The molecule has 1 aliphatic rings. The summed E-state index contributed by atoms with van der Waals surface area (Å²) in [5.74, 6) is -0.616. The number of alkyl halides is 3. The zero-order chi connectivity index (χ0) is 21.6. The van der Waals surface area contributed by atoms with Crippen molar-refractivity contribution < 1.29 is 23.1 Å². The standard InChI is InChI=1S/C19H17ClF3N5O2/c1-27(18-24-7-10(20)8-25-18)11-2-3-13-12(6-11)17-14(28(13)9-16(29)30)4-5-15(26-17)19(21,22)23/h4-5,7-8,11H,2-3,6,9H2,1H3,(H,29,30)/t11-/m0/s1. The van der Waals surface area contributed by atoms with Crippen LogP contribution in [0.15, 0.2) is 24.5 Å². The minimum absolute atomic E-state index is 0.0844. The first-order chi connectivity index (χ1) is 14.1. The average molecular weight is 440 g/mol. The second-order valence-corrected chi connectivity index (χ2v) is 7.61. The Kier molecular flexibility index (Phi) is 5.05. The summed E-state index contributed by atoms with van der Waals surface area (Å²) < 4.78 is 41.2. The molecule has 0 saturated heterocycles. The summed E-state index contributed by atoms with van der Waals surface area (Å²) in [6, 6.07) is 2.10. The van der Waals surface area contributed by atoms with E-state index in [1.54, 1.807) is 4.57 Å². The van der Waals surface area contributed by atoms with E-state index < -0.39 is 17.8 Å². The molecule has 0 spiro atoms. The van der Waals surface area contributed by atoms with Crippen molar-refractivity contribution in [2.75, 3.05) is 11.9 Å². The first-order valence-corrected chi connectivity index (χ1v) is 9.53. The summed E-state index contributed by atoms with van der Waals surface area (Å²) >= 11 is 5.84. The van der Waals surface area contributed by atoms with Crippen molar-refractivity contribution in [3.63, 3.8) is 0 Å². The Morgan fingerprint density at radius 1 is 1.33 bits per heavy atom. The molecule has 158 valence electrons. The predicted octanol–water partition coefficient (Wildman–Crippen LogP) is 3.58. The molecule has 1 aliphatic carbocycles. The molecule has 3 heterocycles. The number of carboxylic acids is 1. The Labute approximate surface area is 174 Å². The van der Waals surface area contributed by atoms with Crippen LogP contribution in [0.25, 0.3) is 11.0 Å². The number of aliphatic carboxylic acids is 1. The fourth-order valence-electron chi connectivity index (χ4n) is 3.93. The Hall–Kier alpha value is -2.88. The van der Waals surface area contributed by atoms with Gasteiger partial charge in [0.1, 0.15) is 12.2 Å². The van der Waals surface area contributed by atoms with Gasteiger partial charge in [-0.15, -0.1) is 0 Å². The molecule has 30 heavy (non-hydrogen) atoms. The maximum absolute atomic E-state index is 13.2.